The van der Waals surface area contributed by atoms with Gasteiger partial charge in [0.25, 0.3) is 0 Å². The van der Waals surface area contributed by atoms with Crippen LogP contribution in [-0.4, -0.2) is 52.0 Å². The van der Waals surface area contributed by atoms with Crippen LogP contribution in [0, 0.1) is 5.92 Å². The van der Waals surface area contributed by atoms with Crippen LogP contribution in [-0.2, 0) is 22.6 Å². The average Bonchev–Trinajstić information content (AvgIpc) is 2.60. The molecular weight excluding hydrogens is 316 g/mol. The first-order chi connectivity index (χ1) is 12.0. The van der Waals surface area contributed by atoms with Crippen LogP contribution in [0.4, 0.5) is 0 Å². The minimum Gasteiger partial charge on any atom is -0.393 e. The second-order valence-electron chi connectivity index (χ2n) is 7.66. The van der Waals surface area contributed by atoms with Crippen molar-refractivity contribution >= 4 is 11.8 Å². The van der Waals surface area contributed by atoms with Crippen LogP contribution in [0.5, 0.6) is 0 Å². The molecule has 1 N–H and O–H groups in total. The van der Waals surface area contributed by atoms with Crippen molar-refractivity contribution in [3.63, 3.8) is 0 Å². The molecule has 2 amide bonds. The lowest BCUT2D eigenvalue weighted by atomic mass is 9.92. The highest BCUT2D eigenvalue weighted by molar-refractivity contribution is 5.88. The van der Waals surface area contributed by atoms with Crippen LogP contribution in [0.1, 0.15) is 44.2 Å². The summed E-state index contributed by atoms with van der Waals surface area (Å²) in [6.07, 6.45) is 1.97. The number of piperidine rings is 1. The molecule has 0 radical (unpaired) electrons. The molecule has 0 bridgehead atoms. The smallest absolute Gasteiger partial charge is 0.245 e. The van der Waals surface area contributed by atoms with Crippen LogP contribution < -0.4 is 0 Å². The van der Waals surface area contributed by atoms with Gasteiger partial charge in [-0.05, 0) is 29.9 Å². The van der Waals surface area contributed by atoms with E-state index in [1.807, 2.05) is 36.9 Å². The molecule has 5 heteroatoms. The van der Waals surface area contributed by atoms with E-state index < -0.39 is 6.04 Å². The highest BCUT2D eigenvalue weighted by Crippen LogP contribution is 2.26. The van der Waals surface area contributed by atoms with Crippen LogP contribution in [0.15, 0.2) is 24.3 Å². The lowest BCUT2D eigenvalue weighted by Gasteiger charge is -2.40. The zero-order valence-electron chi connectivity index (χ0n) is 15.1. The van der Waals surface area contributed by atoms with Gasteiger partial charge in [0, 0.05) is 32.5 Å². The summed E-state index contributed by atoms with van der Waals surface area (Å²) in [6, 6.07) is 7.65. The summed E-state index contributed by atoms with van der Waals surface area (Å²) in [5, 5.41) is 9.69. The summed E-state index contributed by atoms with van der Waals surface area (Å²) < 4.78 is 0. The van der Waals surface area contributed by atoms with Crippen molar-refractivity contribution in [2.45, 2.75) is 58.2 Å². The second-order valence-corrected chi connectivity index (χ2v) is 7.66. The highest BCUT2D eigenvalue weighted by atomic mass is 16.3. The Bertz CT molecular complexity index is 636. The molecule has 3 rings (SSSR count). The first-order valence-electron chi connectivity index (χ1n) is 9.28. The maximum atomic E-state index is 13.1. The zero-order valence-corrected chi connectivity index (χ0v) is 15.1. The van der Waals surface area contributed by atoms with Gasteiger partial charge >= 0.3 is 0 Å². The third-order valence-corrected chi connectivity index (χ3v) is 5.21. The number of carbonyl (C=O) groups excluding carboxylic acids is 2. The molecule has 1 aromatic carbocycles. The van der Waals surface area contributed by atoms with Gasteiger partial charge in [-0.15, -0.1) is 0 Å². The molecule has 0 spiro atoms. The van der Waals surface area contributed by atoms with Crippen molar-refractivity contribution in [3.8, 4) is 0 Å². The van der Waals surface area contributed by atoms with E-state index in [0.717, 1.165) is 11.1 Å². The maximum absolute atomic E-state index is 13.1. The predicted octanol–water partition coefficient (Wildman–Crippen LogP) is 1.97. The van der Waals surface area contributed by atoms with Gasteiger partial charge in [-0.2, -0.15) is 0 Å². The van der Waals surface area contributed by atoms with E-state index in [2.05, 4.69) is 6.07 Å². The molecule has 1 aromatic rings. The number of likely N-dealkylation sites (tertiary alicyclic amines) is 1. The molecule has 1 atom stereocenters. The largest absolute Gasteiger partial charge is 0.393 e. The lowest BCUT2D eigenvalue weighted by molar-refractivity contribution is -0.148. The molecule has 25 heavy (non-hydrogen) atoms. The Hall–Kier alpha value is -1.88. The van der Waals surface area contributed by atoms with Gasteiger partial charge in [0.05, 0.1) is 6.10 Å². The Kier molecular flexibility index (Phi) is 5.42. The molecule has 136 valence electrons. The minimum absolute atomic E-state index is 0.0264. The van der Waals surface area contributed by atoms with Gasteiger partial charge in [-0.3, -0.25) is 9.59 Å². The Morgan fingerprint density at radius 3 is 2.44 bits per heavy atom. The Morgan fingerprint density at radius 2 is 1.80 bits per heavy atom. The Balaban J connectivity index is 1.82. The minimum atomic E-state index is -0.420. The quantitative estimate of drug-likeness (QED) is 0.912. The summed E-state index contributed by atoms with van der Waals surface area (Å²) in [7, 11) is 0. The van der Waals surface area contributed by atoms with E-state index >= 15 is 0 Å². The Labute approximate surface area is 149 Å². The third-order valence-electron chi connectivity index (χ3n) is 5.21. The number of benzene rings is 1. The average molecular weight is 344 g/mol. The fraction of sp³-hybridized carbons (Fsp3) is 0.600. The monoisotopic (exact) mass is 344 g/mol. The standard InChI is InChI=1S/C20H28N2O3/c1-14(2)11-19(24)22-13-16-6-4-3-5-15(16)12-18(22)20(25)21-9-7-17(23)8-10-21/h3-6,14,17-18,23H,7-13H2,1-2H3. The molecule has 2 aliphatic heterocycles. The van der Waals surface area contributed by atoms with E-state index in [4.69, 9.17) is 0 Å². The molecule has 1 fully saturated rings. The first kappa shape index (κ1) is 17.9. The molecule has 5 nitrogen and oxygen atoms in total. The van der Waals surface area contributed by atoms with Crippen molar-refractivity contribution in [1.82, 2.24) is 9.80 Å². The van der Waals surface area contributed by atoms with Crippen molar-refractivity contribution in [1.29, 1.82) is 0 Å². The van der Waals surface area contributed by atoms with Crippen LogP contribution >= 0.6 is 0 Å². The van der Waals surface area contributed by atoms with Gasteiger partial charge in [0.15, 0.2) is 0 Å². The number of fused-ring (bicyclic) bond motifs is 1. The number of aliphatic hydroxyl groups excluding tert-OH is 1. The molecular formula is C20H28N2O3. The fourth-order valence-corrected chi connectivity index (χ4v) is 3.77. The van der Waals surface area contributed by atoms with E-state index in [-0.39, 0.29) is 23.8 Å². The molecule has 0 aromatic heterocycles. The molecule has 2 aliphatic rings. The number of hydrogen-bond donors (Lipinski definition) is 1. The van der Waals surface area contributed by atoms with Crippen LogP contribution in [0.2, 0.25) is 0 Å². The fourth-order valence-electron chi connectivity index (χ4n) is 3.77. The second kappa shape index (κ2) is 7.56. The van der Waals surface area contributed by atoms with Crippen LogP contribution in [0.25, 0.3) is 0 Å². The van der Waals surface area contributed by atoms with E-state index in [9.17, 15) is 14.7 Å². The van der Waals surface area contributed by atoms with Gasteiger partial charge in [-0.1, -0.05) is 38.1 Å². The summed E-state index contributed by atoms with van der Waals surface area (Å²) in [5.41, 5.74) is 2.30. The highest BCUT2D eigenvalue weighted by Gasteiger charge is 2.37. The first-order valence-corrected chi connectivity index (χ1v) is 9.28. The number of nitrogens with zero attached hydrogens (tertiary/aromatic N) is 2. The van der Waals surface area contributed by atoms with Gasteiger partial charge in [0.1, 0.15) is 6.04 Å². The predicted molar refractivity (Wildman–Crippen MR) is 95.8 cm³/mol. The van der Waals surface area contributed by atoms with E-state index in [1.165, 1.54) is 0 Å². The molecule has 1 unspecified atom stereocenters. The maximum Gasteiger partial charge on any atom is 0.245 e. The number of amides is 2. The summed E-state index contributed by atoms with van der Waals surface area (Å²) in [6.45, 7) is 5.71. The van der Waals surface area contributed by atoms with Gasteiger partial charge < -0.3 is 14.9 Å². The van der Waals surface area contributed by atoms with Gasteiger partial charge in [-0.25, -0.2) is 0 Å². The molecule has 1 saturated heterocycles. The SMILES string of the molecule is CC(C)CC(=O)N1Cc2ccccc2CC1C(=O)N1CCC(O)CC1. The number of hydrogen-bond acceptors (Lipinski definition) is 3. The van der Waals surface area contributed by atoms with Crippen molar-refractivity contribution in [2.24, 2.45) is 5.92 Å². The third kappa shape index (κ3) is 4.03. The topological polar surface area (TPSA) is 60.9 Å². The van der Waals surface area contributed by atoms with Crippen molar-refractivity contribution in [2.75, 3.05) is 13.1 Å². The molecule has 0 saturated carbocycles. The number of carbonyl (C=O) groups is 2. The van der Waals surface area contributed by atoms with Gasteiger partial charge in [0.2, 0.25) is 11.8 Å². The number of aliphatic hydroxyl groups is 1. The number of rotatable bonds is 3. The van der Waals surface area contributed by atoms with E-state index in [0.29, 0.717) is 45.3 Å². The van der Waals surface area contributed by atoms with E-state index in [1.54, 1.807) is 4.90 Å². The summed E-state index contributed by atoms with van der Waals surface area (Å²) in [5.74, 6) is 0.351. The summed E-state index contributed by atoms with van der Waals surface area (Å²) >= 11 is 0. The lowest BCUT2D eigenvalue weighted by Crippen LogP contribution is -2.55. The molecule has 0 aliphatic carbocycles. The Morgan fingerprint density at radius 1 is 1.16 bits per heavy atom. The van der Waals surface area contributed by atoms with Crippen molar-refractivity contribution in [3.05, 3.63) is 35.4 Å². The van der Waals surface area contributed by atoms with Crippen molar-refractivity contribution < 1.29 is 14.7 Å². The molecule has 2 heterocycles. The normalized spacial score (nSPS) is 21.4. The zero-order chi connectivity index (χ0) is 18.0. The van der Waals surface area contributed by atoms with Crippen LogP contribution in [0.3, 0.4) is 0 Å². The summed E-state index contributed by atoms with van der Waals surface area (Å²) in [4.78, 5) is 29.5.